The van der Waals surface area contributed by atoms with Crippen LogP contribution in [0.3, 0.4) is 0 Å². The van der Waals surface area contributed by atoms with Crippen LogP contribution in [-0.2, 0) is 11.3 Å². The highest BCUT2D eigenvalue weighted by molar-refractivity contribution is 5.25. The molecule has 0 aliphatic rings. The van der Waals surface area contributed by atoms with E-state index in [1.165, 1.54) is 0 Å². The van der Waals surface area contributed by atoms with Crippen LogP contribution in [0.5, 0.6) is 5.88 Å². The van der Waals surface area contributed by atoms with Crippen LogP contribution in [0.2, 0.25) is 0 Å². The molecule has 4 heteroatoms. The highest BCUT2D eigenvalue weighted by atomic mass is 16.5. The lowest BCUT2D eigenvalue weighted by atomic mass is 10.2. The molecule has 1 aromatic heterocycles. The predicted octanol–water partition coefficient (Wildman–Crippen LogP) is 1.99. The van der Waals surface area contributed by atoms with Gasteiger partial charge in [-0.3, -0.25) is 0 Å². The number of pyridine rings is 1. The fraction of sp³-hybridized carbons (Fsp3) is 0.615. The van der Waals surface area contributed by atoms with Crippen LogP contribution in [0.1, 0.15) is 26.3 Å². The Morgan fingerprint density at radius 2 is 2.12 bits per heavy atom. The molecule has 1 aromatic rings. The van der Waals surface area contributed by atoms with Crippen LogP contribution in [0.25, 0.3) is 0 Å². The SMILES string of the molecule is COC(C)CNCc1cccnc1OC(C)C. The largest absolute Gasteiger partial charge is 0.475 e. The second kappa shape index (κ2) is 7.25. The summed E-state index contributed by atoms with van der Waals surface area (Å²) >= 11 is 0. The van der Waals surface area contributed by atoms with Gasteiger partial charge in [-0.1, -0.05) is 6.07 Å². The molecule has 0 saturated carbocycles. The molecule has 4 nitrogen and oxygen atoms in total. The third-order valence-electron chi connectivity index (χ3n) is 2.35. The maximum atomic E-state index is 5.65. The summed E-state index contributed by atoms with van der Waals surface area (Å²) in [6.45, 7) is 7.58. The Balaban J connectivity index is 2.51. The molecule has 0 amide bonds. The summed E-state index contributed by atoms with van der Waals surface area (Å²) < 4.78 is 10.8. The lowest BCUT2D eigenvalue weighted by Gasteiger charge is -2.14. The summed E-state index contributed by atoms with van der Waals surface area (Å²) in [6, 6.07) is 3.94. The van der Waals surface area contributed by atoms with E-state index in [1.807, 2.05) is 32.9 Å². The minimum atomic E-state index is 0.140. The van der Waals surface area contributed by atoms with Crippen molar-refractivity contribution in [3.8, 4) is 5.88 Å². The molecular weight excluding hydrogens is 216 g/mol. The number of hydrogen-bond donors (Lipinski definition) is 1. The normalized spacial score (nSPS) is 12.8. The van der Waals surface area contributed by atoms with Crippen molar-refractivity contribution in [3.05, 3.63) is 23.9 Å². The Hall–Kier alpha value is -1.13. The van der Waals surface area contributed by atoms with Gasteiger partial charge < -0.3 is 14.8 Å². The van der Waals surface area contributed by atoms with Crippen molar-refractivity contribution in [2.24, 2.45) is 0 Å². The quantitative estimate of drug-likeness (QED) is 0.789. The second-order valence-electron chi connectivity index (χ2n) is 4.31. The molecule has 17 heavy (non-hydrogen) atoms. The molecule has 0 radical (unpaired) electrons. The molecule has 1 N–H and O–H groups in total. The van der Waals surface area contributed by atoms with Gasteiger partial charge in [0.05, 0.1) is 12.2 Å². The van der Waals surface area contributed by atoms with Gasteiger partial charge in [0.1, 0.15) is 0 Å². The zero-order valence-electron chi connectivity index (χ0n) is 11.1. The smallest absolute Gasteiger partial charge is 0.218 e. The fourth-order valence-electron chi connectivity index (χ4n) is 1.38. The van der Waals surface area contributed by atoms with Gasteiger partial charge in [0, 0.05) is 32.0 Å². The maximum Gasteiger partial charge on any atom is 0.218 e. The minimum Gasteiger partial charge on any atom is -0.475 e. The summed E-state index contributed by atoms with van der Waals surface area (Å²) in [7, 11) is 1.71. The Kier molecular flexibility index (Phi) is 5.94. The molecule has 1 unspecified atom stereocenters. The van der Waals surface area contributed by atoms with E-state index in [0.717, 1.165) is 18.7 Å². The van der Waals surface area contributed by atoms with Gasteiger partial charge >= 0.3 is 0 Å². The summed E-state index contributed by atoms with van der Waals surface area (Å²) in [5.41, 5.74) is 1.07. The molecule has 1 heterocycles. The van der Waals surface area contributed by atoms with E-state index in [-0.39, 0.29) is 12.2 Å². The lowest BCUT2D eigenvalue weighted by Crippen LogP contribution is -2.26. The first-order valence-corrected chi connectivity index (χ1v) is 5.97. The van der Waals surface area contributed by atoms with Gasteiger partial charge in [-0.05, 0) is 26.8 Å². The molecule has 1 atom stereocenters. The third kappa shape index (κ3) is 5.15. The van der Waals surface area contributed by atoms with Crippen molar-refractivity contribution in [3.63, 3.8) is 0 Å². The Morgan fingerprint density at radius 3 is 2.76 bits per heavy atom. The first kappa shape index (κ1) is 13.9. The van der Waals surface area contributed by atoms with E-state index in [4.69, 9.17) is 9.47 Å². The second-order valence-corrected chi connectivity index (χ2v) is 4.31. The van der Waals surface area contributed by atoms with Crippen LogP contribution in [0.4, 0.5) is 0 Å². The van der Waals surface area contributed by atoms with Gasteiger partial charge in [-0.15, -0.1) is 0 Å². The molecule has 0 spiro atoms. The highest BCUT2D eigenvalue weighted by Gasteiger charge is 2.06. The van der Waals surface area contributed by atoms with Crippen molar-refractivity contribution in [2.45, 2.75) is 39.5 Å². The Bertz CT molecular complexity index is 329. The molecule has 0 saturated heterocycles. The molecule has 96 valence electrons. The van der Waals surface area contributed by atoms with Crippen molar-refractivity contribution >= 4 is 0 Å². The monoisotopic (exact) mass is 238 g/mol. The number of methoxy groups -OCH3 is 1. The number of hydrogen-bond acceptors (Lipinski definition) is 4. The molecule has 0 aliphatic carbocycles. The van der Waals surface area contributed by atoms with E-state index < -0.39 is 0 Å². The van der Waals surface area contributed by atoms with Crippen molar-refractivity contribution in [1.82, 2.24) is 10.3 Å². The summed E-state index contributed by atoms with van der Waals surface area (Å²) in [5, 5.41) is 3.32. The van der Waals surface area contributed by atoms with Gasteiger partial charge in [0.2, 0.25) is 5.88 Å². The van der Waals surface area contributed by atoms with E-state index in [1.54, 1.807) is 13.3 Å². The molecule has 0 fully saturated rings. The average Bonchev–Trinajstić information content (AvgIpc) is 2.30. The van der Waals surface area contributed by atoms with Crippen molar-refractivity contribution < 1.29 is 9.47 Å². The zero-order valence-corrected chi connectivity index (χ0v) is 11.1. The summed E-state index contributed by atoms with van der Waals surface area (Å²) in [6.07, 6.45) is 2.10. The molecule has 0 bridgehead atoms. The Labute approximate surface area is 103 Å². The van der Waals surface area contributed by atoms with Crippen LogP contribution < -0.4 is 10.1 Å². The van der Waals surface area contributed by atoms with Gasteiger partial charge in [0.25, 0.3) is 0 Å². The van der Waals surface area contributed by atoms with Crippen LogP contribution in [0, 0.1) is 0 Å². The summed E-state index contributed by atoms with van der Waals surface area (Å²) in [5.74, 6) is 0.708. The minimum absolute atomic E-state index is 0.140. The van der Waals surface area contributed by atoms with Crippen LogP contribution in [0.15, 0.2) is 18.3 Å². The van der Waals surface area contributed by atoms with Crippen molar-refractivity contribution in [2.75, 3.05) is 13.7 Å². The number of nitrogens with zero attached hydrogens (tertiary/aromatic N) is 1. The number of ether oxygens (including phenoxy) is 2. The standard InChI is InChI=1S/C13H22N2O2/c1-10(2)17-13-12(6-5-7-15-13)9-14-8-11(3)16-4/h5-7,10-11,14H,8-9H2,1-4H3. The van der Waals surface area contributed by atoms with Gasteiger partial charge in [-0.2, -0.15) is 0 Å². The summed E-state index contributed by atoms with van der Waals surface area (Å²) in [4.78, 5) is 4.24. The van der Waals surface area contributed by atoms with E-state index in [2.05, 4.69) is 10.3 Å². The number of nitrogens with one attached hydrogen (secondary N) is 1. The average molecular weight is 238 g/mol. The van der Waals surface area contributed by atoms with Crippen LogP contribution in [-0.4, -0.2) is 30.8 Å². The zero-order chi connectivity index (χ0) is 12.7. The molecule has 1 rings (SSSR count). The molecular formula is C13H22N2O2. The third-order valence-corrected chi connectivity index (χ3v) is 2.35. The Morgan fingerprint density at radius 1 is 1.35 bits per heavy atom. The van der Waals surface area contributed by atoms with E-state index in [9.17, 15) is 0 Å². The van der Waals surface area contributed by atoms with Gasteiger partial charge in [0.15, 0.2) is 0 Å². The first-order valence-electron chi connectivity index (χ1n) is 5.97. The fourth-order valence-corrected chi connectivity index (χ4v) is 1.38. The topological polar surface area (TPSA) is 43.4 Å². The van der Waals surface area contributed by atoms with E-state index in [0.29, 0.717) is 5.88 Å². The van der Waals surface area contributed by atoms with Crippen LogP contribution >= 0.6 is 0 Å². The van der Waals surface area contributed by atoms with Gasteiger partial charge in [-0.25, -0.2) is 4.98 Å². The number of aromatic nitrogens is 1. The lowest BCUT2D eigenvalue weighted by molar-refractivity contribution is 0.117. The molecule has 0 aliphatic heterocycles. The first-order chi connectivity index (χ1) is 8.13. The number of rotatable bonds is 7. The maximum absolute atomic E-state index is 5.65. The van der Waals surface area contributed by atoms with Crippen molar-refractivity contribution in [1.29, 1.82) is 0 Å². The molecule has 0 aromatic carbocycles. The highest BCUT2D eigenvalue weighted by Crippen LogP contribution is 2.15. The predicted molar refractivity (Wildman–Crippen MR) is 68.2 cm³/mol. The van der Waals surface area contributed by atoms with E-state index >= 15 is 0 Å².